The van der Waals surface area contributed by atoms with Crippen molar-refractivity contribution in [1.82, 2.24) is 0 Å². The molecule has 0 aliphatic carbocycles. The zero-order chi connectivity index (χ0) is 20.0. The van der Waals surface area contributed by atoms with Crippen LogP contribution in [0.15, 0.2) is 51.4 Å². The zero-order valence-electron chi connectivity index (χ0n) is 16.4. The fraction of sp³-hybridized carbons (Fsp3) is 0.286. The average Bonchev–Trinajstić information content (AvgIpc) is 2.67. The fourth-order valence-electron chi connectivity index (χ4n) is 2.81. The standard InChI is InChI=1S/C21H26BrN3O2/c1-13-11-15(20(23)14(2)21(25-4)26-5)9-10-19(13)27-12-16-17(22)7-6-8-18(16)24-3/h6-11,24H,12,23H2,1-5H3. The number of methoxy groups -OCH3 is 1. The maximum Gasteiger partial charge on any atom is 0.213 e. The van der Waals surface area contributed by atoms with E-state index in [1.807, 2.05) is 57.3 Å². The number of nitrogens with two attached hydrogens (primary N) is 1. The summed E-state index contributed by atoms with van der Waals surface area (Å²) in [6.45, 7) is 4.36. The molecule has 0 radical (unpaired) electrons. The molecule has 0 atom stereocenters. The van der Waals surface area contributed by atoms with Crippen LogP contribution in [0.1, 0.15) is 23.6 Å². The Morgan fingerprint density at radius 3 is 2.59 bits per heavy atom. The van der Waals surface area contributed by atoms with Crippen molar-refractivity contribution in [2.45, 2.75) is 20.5 Å². The average molecular weight is 432 g/mol. The molecule has 27 heavy (non-hydrogen) atoms. The molecule has 0 saturated heterocycles. The molecular formula is C21H26BrN3O2. The van der Waals surface area contributed by atoms with Gasteiger partial charge in [0.1, 0.15) is 12.4 Å². The Morgan fingerprint density at radius 1 is 1.26 bits per heavy atom. The summed E-state index contributed by atoms with van der Waals surface area (Å²) in [5, 5.41) is 3.19. The third-order valence-corrected chi connectivity index (χ3v) is 5.11. The normalized spacial score (nSPS) is 12.4. The number of hydrogen-bond acceptors (Lipinski definition) is 5. The second-order valence-electron chi connectivity index (χ2n) is 6.06. The number of aliphatic imine (C=N–C) groups is 1. The van der Waals surface area contributed by atoms with Gasteiger partial charge in [-0.3, -0.25) is 4.99 Å². The Balaban J connectivity index is 2.24. The minimum absolute atomic E-state index is 0.457. The fourth-order valence-corrected chi connectivity index (χ4v) is 3.29. The highest BCUT2D eigenvalue weighted by Crippen LogP contribution is 2.28. The van der Waals surface area contributed by atoms with Crippen LogP contribution in [0, 0.1) is 6.92 Å². The smallest absolute Gasteiger partial charge is 0.213 e. The molecule has 0 aromatic heterocycles. The van der Waals surface area contributed by atoms with Crippen LogP contribution in [0.3, 0.4) is 0 Å². The van der Waals surface area contributed by atoms with Gasteiger partial charge in [-0.25, -0.2) is 0 Å². The van der Waals surface area contributed by atoms with E-state index >= 15 is 0 Å². The van der Waals surface area contributed by atoms with Gasteiger partial charge in [-0.05, 0) is 55.3 Å². The number of nitrogens with zero attached hydrogens (tertiary/aromatic N) is 1. The number of hydrogen-bond donors (Lipinski definition) is 2. The molecule has 2 aromatic carbocycles. The summed E-state index contributed by atoms with van der Waals surface area (Å²) >= 11 is 3.59. The van der Waals surface area contributed by atoms with Crippen molar-refractivity contribution in [1.29, 1.82) is 0 Å². The number of anilines is 1. The summed E-state index contributed by atoms with van der Waals surface area (Å²) < 4.78 is 12.3. The van der Waals surface area contributed by atoms with Crippen molar-refractivity contribution >= 4 is 33.2 Å². The molecule has 0 unspecified atom stereocenters. The van der Waals surface area contributed by atoms with Crippen LogP contribution in [0.25, 0.3) is 5.70 Å². The van der Waals surface area contributed by atoms with Gasteiger partial charge < -0.3 is 20.5 Å². The first-order valence-corrected chi connectivity index (χ1v) is 9.38. The lowest BCUT2D eigenvalue weighted by Crippen LogP contribution is -2.10. The van der Waals surface area contributed by atoms with Gasteiger partial charge in [0.2, 0.25) is 5.90 Å². The van der Waals surface area contributed by atoms with Crippen LogP contribution in [0.4, 0.5) is 5.69 Å². The van der Waals surface area contributed by atoms with E-state index in [1.54, 1.807) is 14.2 Å². The molecule has 144 valence electrons. The van der Waals surface area contributed by atoms with Crippen molar-refractivity contribution in [3.8, 4) is 5.75 Å². The van der Waals surface area contributed by atoms with E-state index in [0.29, 0.717) is 18.2 Å². The minimum Gasteiger partial charge on any atom is -0.489 e. The molecule has 0 fully saturated rings. The maximum absolute atomic E-state index is 6.30. The highest BCUT2D eigenvalue weighted by molar-refractivity contribution is 9.10. The molecule has 0 aliphatic heterocycles. The van der Waals surface area contributed by atoms with Gasteiger partial charge in [-0.1, -0.05) is 22.0 Å². The lowest BCUT2D eigenvalue weighted by molar-refractivity contribution is 0.304. The van der Waals surface area contributed by atoms with Crippen molar-refractivity contribution in [3.63, 3.8) is 0 Å². The van der Waals surface area contributed by atoms with Gasteiger partial charge >= 0.3 is 0 Å². The summed E-state index contributed by atoms with van der Waals surface area (Å²) in [6, 6.07) is 11.9. The molecule has 0 saturated carbocycles. The summed E-state index contributed by atoms with van der Waals surface area (Å²) in [5.41, 5.74) is 11.8. The van der Waals surface area contributed by atoms with Crippen LogP contribution >= 0.6 is 15.9 Å². The molecular weight excluding hydrogens is 406 g/mol. The second kappa shape index (κ2) is 9.46. The predicted molar refractivity (Wildman–Crippen MR) is 116 cm³/mol. The van der Waals surface area contributed by atoms with Gasteiger partial charge in [-0.15, -0.1) is 0 Å². The monoisotopic (exact) mass is 431 g/mol. The first-order valence-electron chi connectivity index (χ1n) is 8.59. The molecule has 0 amide bonds. The molecule has 2 aromatic rings. The van der Waals surface area contributed by atoms with Crippen LogP contribution in [0.2, 0.25) is 0 Å². The number of ether oxygens (including phenoxy) is 2. The third kappa shape index (κ3) is 4.83. The maximum atomic E-state index is 6.30. The lowest BCUT2D eigenvalue weighted by Gasteiger charge is -2.15. The van der Waals surface area contributed by atoms with Crippen LogP contribution in [-0.4, -0.2) is 27.1 Å². The highest BCUT2D eigenvalue weighted by Gasteiger charge is 2.11. The van der Waals surface area contributed by atoms with Gasteiger partial charge in [0.25, 0.3) is 0 Å². The Hall–Kier alpha value is -2.47. The number of aryl methyl sites for hydroxylation is 1. The highest BCUT2D eigenvalue weighted by atomic mass is 79.9. The van der Waals surface area contributed by atoms with E-state index in [9.17, 15) is 0 Å². The Labute approximate surface area is 169 Å². The van der Waals surface area contributed by atoms with Gasteiger partial charge in [0.05, 0.1) is 7.11 Å². The molecule has 3 N–H and O–H groups in total. The molecule has 6 heteroatoms. The van der Waals surface area contributed by atoms with E-state index in [1.165, 1.54) is 0 Å². The predicted octanol–water partition coefficient (Wildman–Crippen LogP) is 4.74. The summed E-state index contributed by atoms with van der Waals surface area (Å²) in [6.07, 6.45) is 0. The molecule has 0 aliphatic rings. The number of nitrogens with one attached hydrogen (secondary N) is 1. The SMILES string of the molecule is CN=C(OC)C(C)=C(N)c1ccc(OCc2c(Br)cccc2NC)c(C)c1. The zero-order valence-corrected chi connectivity index (χ0v) is 18.0. The van der Waals surface area contributed by atoms with E-state index in [2.05, 4.69) is 26.2 Å². The van der Waals surface area contributed by atoms with Gasteiger partial charge in [0, 0.05) is 41.1 Å². The number of benzene rings is 2. The summed E-state index contributed by atoms with van der Waals surface area (Å²) in [4.78, 5) is 4.10. The van der Waals surface area contributed by atoms with Crippen LogP contribution < -0.4 is 15.8 Å². The minimum atomic E-state index is 0.457. The Bertz CT molecular complexity index is 876. The van der Waals surface area contributed by atoms with Crippen molar-refractivity contribution < 1.29 is 9.47 Å². The first-order chi connectivity index (χ1) is 12.9. The molecule has 0 heterocycles. The van der Waals surface area contributed by atoms with Crippen molar-refractivity contribution in [2.24, 2.45) is 10.7 Å². The number of halogens is 1. The van der Waals surface area contributed by atoms with E-state index < -0.39 is 0 Å². The summed E-state index contributed by atoms with van der Waals surface area (Å²) in [7, 11) is 5.16. The van der Waals surface area contributed by atoms with Gasteiger partial charge in [-0.2, -0.15) is 0 Å². The molecule has 0 bridgehead atoms. The quantitative estimate of drug-likeness (QED) is 0.511. The van der Waals surface area contributed by atoms with Gasteiger partial charge in [0.15, 0.2) is 0 Å². The molecule has 2 rings (SSSR count). The van der Waals surface area contributed by atoms with Crippen LogP contribution in [0.5, 0.6) is 5.75 Å². The second-order valence-corrected chi connectivity index (χ2v) is 6.91. The Kier molecular flexibility index (Phi) is 7.30. The summed E-state index contributed by atoms with van der Waals surface area (Å²) in [5.74, 6) is 1.34. The van der Waals surface area contributed by atoms with Crippen molar-refractivity contribution in [3.05, 3.63) is 63.1 Å². The largest absolute Gasteiger partial charge is 0.489 e. The van der Waals surface area contributed by atoms with Crippen molar-refractivity contribution in [2.75, 3.05) is 26.5 Å². The number of rotatable bonds is 6. The topological polar surface area (TPSA) is 68.9 Å². The first kappa shape index (κ1) is 20.8. The van der Waals surface area contributed by atoms with Crippen LogP contribution in [-0.2, 0) is 11.3 Å². The third-order valence-electron chi connectivity index (χ3n) is 4.37. The van der Waals surface area contributed by atoms with E-state index in [-0.39, 0.29) is 0 Å². The molecule has 0 spiro atoms. The van der Waals surface area contributed by atoms with E-state index in [0.717, 1.165) is 38.2 Å². The Morgan fingerprint density at radius 2 is 2.00 bits per heavy atom. The van der Waals surface area contributed by atoms with E-state index in [4.69, 9.17) is 15.2 Å². The molecule has 5 nitrogen and oxygen atoms in total. The lowest BCUT2D eigenvalue weighted by atomic mass is 10.0.